The summed E-state index contributed by atoms with van der Waals surface area (Å²) in [5, 5.41) is 0. The van der Waals surface area contributed by atoms with Gasteiger partial charge in [-0.05, 0) is 62.5 Å². The molecule has 0 spiro atoms. The number of rotatable bonds is 4. The Morgan fingerprint density at radius 3 is 2.65 bits per heavy atom. The summed E-state index contributed by atoms with van der Waals surface area (Å²) in [6, 6.07) is 0. The van der Waals surface area contributed by atoms with Gasteiger partial charge in [-0.15, -0.1) is 0 Å². The second-order valence-corrected chi connectivity index (χ2v) is 6.15. The van der Waals surface area contributed by atoms with Crippen LogP contribution in [-0.4, -0.2) is 5.78 Å². The maximum absolute atomic E-state index is 11.1. The molecule has 0 aromatic carbocycles. The van der Waals surface area contributed by atoms with Crippen LogP contribution in [-0.2, 0) is 4.79 Å². The fourth-order valence-corrected chi connectivity index (χ4v) is 3.19. The Bertz CT molecular complexity index is 347. The summed E-state index contributed by atoms with van der Waals surface area (Å²) in [6.07, 6.45) is 8.72. The fourth-order valence-electron chi connectivity index (χ4n) is 3.19. The third-order valence-electron chi connectivity index (χ3n) is 3.73. The molecule has 96 valence electrons. The van der Waals surface area contributed by atoms with E-state index in [0.717, 1.165) is 0 Å². The molecule has 1 rings (SSSR count). The molecular weight excluding hydrogens is 208 g/mol. The second-order valence-electron chi connectivity index (χ2n) is 6.15. The van der Waals surface area contributed by atoms with Crippen molar-refractivity contribution in [1.29, 1.82) is 0 Å². The van der Waals surface area contributed by atoms with Crippen LogP contribution in [0.1, 0.15) is 60.3 Å². The van der Waals surface area contributed by atoms with Crippen molar-refractivity contribution in [1.82, 2.24) is 0 Å². The maximum Gasteiger partial charge on any atom is 0.152 e. The van der Waals surface area contributed by atoms with E-state index in [4.69, 9.17) is 0 Å². The lowest BCUT2D eigenvalue weighted by atomic mass is 9.67. The van der Waals surface area contributed by atoms with Crippen molar-refractivity contribution in [3.63, 3.8) is 0 Å². The Balaban J connectivity index is 3.02. The van der Waals surface area contributed by atoms with Gasteiger partial charge in [-0.2, -0.15) is 0 Å². The first-order chi connectivity index (χ1) is 7.85. The van der Waals surface area contributed by atoms with Crippen molar-refractivity contribution >= 4 is 5.78 Å². The Morgan fingerprint density at radius 2 is 2.12 bits per heavy atom. The molecule has 0 fully saturated rings. The zero-order chi connectivity index (χ0) is 13.1. The number of carbonyl (C=O) groups is 1. The lowest BCUT2D eigenvalue weighted by Crippen LogP contribution is -2.25. The highest BCUT2D eigenvalue weighted by molar-refractivity contribution is 5.87. The van der Waals surface area contributed by atoms with Gasteiger partial charge in [0.2, 0.25) is 0 Å². The summed E-state index contributed by atoms with van der Waals surface area (Å²) in [6.45, 7) is 10.8. The minimum absolute atomic E-state index is 0.141. The summed E-state index contributed by atoms with van der Waals surface area (Å²) in [7, 11) is 0. The van der Waals surface area contributed by atoms with E-state index in [2.05, 4.69) is 33.8 Å². The number of hydrogen-bond donors (Lipinski definition) is 0. The minimum atomic E-state index is 0.141. The molecule has 1 unspecified atom stereocenters. The molecule has 0 radical (unpaired) electrons. The van der Waals surface area contributed by atoms with E-state index >= 15 is 0 Å². The molecule has 0 amide bonds. The predicted molar refractivity (Wildman–Crippen MR) is 73.9 cm³/mol. The van der Waals surface area contributed by atoms with Crippen LogP contribution < -0.4 is 0 Å². The maximum atomic E-state index is 11.1. The van der Waals surface area contributed by atoms with Gasteiger partial charge in [0.05, 0.1) is 0 Å². The van der Waals surface area contributed by atoms with Crippen LogP contribution in [0.3, 0.4) is 0 Å². The van der Waals surface area contributed by atoms with Gasteiger partial charge >= 0.3 is 0 Å². The van der Waals surface area contributed by atoms with Gasteiger partial charge in [0, 0.05) is 0 Å². The zero-order valence-corrected chi connectivity index (χ0v) is 12.0. The number of hydrogen-bond acceptors (Lipinski definition) is 1. The van der Waals surface area contributed by atoms with E-state index in [1.165, 1.54) is 36.8 Å². The monoisotopic (exact) mass is 234 g/mol. The van der Waals surface area contributed by atoms with Crippen LogP contribution in [0.2, 0.25) is 0 Å². The minimum Gasteiger partial charge on any atom is -0.295 e. The van der Waals surface area contributed by atoms with Gasteiger partial charge in [0.1, 0.15) is 0 Å². The van der Waals surface area contributed by atoms with Crippen LogP contribution in [0, 0.1) is 11.3 Å². The summed E-state index contributed by atoms with van der Waals surface area (Å²) in [5.41, 5.74) is 3.15. The Hall–Kier alpha value is -0.850. The highest BCUT2D eigenvalue weighted by Gasteiger charge is 2.32. The van der Waals surface area contributed by atoms with Gasteiger partial charge in [-0.1, -0.05) is 32.4 Å². The topological polar surface area (TPSA) is 17.1 Å². The molecule has 0 N–H and O–H groups in total. The Kier molecular flexibility index (Phi) is 4.73. The van der Waals surface area contributed by atoms with Crippen LogP contribution >= 0.6 is 0 Å². The van der Waals surface area contributed by atoms with E-state index in [0.29, 0.717) is 5.92 Å². The van der Waals surface area contributed by atoms with Gasteiger partial charge < -0.3 is 0 Å². The van der Waals surface area contributed by atoms with Crippen molar-refractivity contribution in [3.8, 4) is 0 Å². The highest BCUT2D eigenvalue weighted by atomic mass is 16.1. The van der Waals surface area contributed by atoms with Crippen LogP contribution in [0.25, 0.3) is 0 Å². The van der Waals surface area contributed by atoms with Crippen molar-refractivity contribution < 1.29 is 4.79 Å². The van der Waals surface area contributed by atoms with Crippen molar-refractivity contribution in [3.05, 3.63) is 23.3 Å². The predicted octanol–water partition coefficient (Wildman–Crippen LogP) is 4.68. The fraction of sp³-hybridized carbons (Fsp3) is 0.688. The summed E-state index contributed by atoms with van der Waals surface area (Å²) in [4.78, 5) is 11.1. The van der Waals surface area contributed by atoms with Crippen molar-refractivity contribution in [2.75, 3.05) is 0 Å². The van der Waals surface area contributed by atoms with E-state index in [1.807, 2.05) is 0 Å². The summed E-state index contributed by atoms with van der Waals surface area (Å²) >= 11 is 0. The standard InChI is InChI=1S/C16H26O/c1-12(2)11-16(5)10-6-7-13(3)15(16)9-8-14(4)17/h8-9,12H,6-7,10-11H2,1-5H3. The molecule has 1 heteroatoms. The van der Waals surface area contributed by atoms with E-state index in [1.54, 1.807) is 13.0 Å². The number of ketones is 1. The number of carbonyl (C=O) groups excluding carboxylic acids is 1. The van der Waals surface area contributed by atoms with E-state index < -0.39 is 0 Å². The molecule has 1 nitrogen and oxygen atoms in total. The van der Waals surface area contributed by atoms with E-state index in [9.17, 15) is 4.79 Å². The zero-order valence-electron chi connectivity index (χ0n) is 12.0. The van der Waals surface area contributed by atoms with Gasteiger partial charge in [0.25, 0.3) is 0 Å². The van der Waals surface area contributed by atoms with Gasteiger partial charge in [-0.25, -0.2) is 0 Å². The molecule has 0 aromatic heterocycles. The average molecular weight is 234 g/mol. The number of allylic oxidation sites excluding steroid dienone is 4. The summed E-state index contributed by atoms with van der Waals surface area (Å²) in [5.74, 6) is 0.842. The first-order valence-corrected chi connectivity index (χ1v) is 6.74. The third kappa shape index (κ3) is 3.83. The molecule has 0 aliphatic heterocycles. The molecule has 0 saturated heterocycles. The average Bonchev–Trinajstić information content (AvgIpc) is 2.14. The third-order valence-corrected chi connectivity index (χ3v) is 3.73. The molecule has 0 bridgehead atoms. The Labute approximate surface area is 106 Å². The largest absolute Gasteiger partial charge is 0.295 e. The smallest absolute Gasteiger partial charge is 0.152 e. The first kappa shape index (κ1) is 14.2. The van der Waals surface area contributed by atoms with E-state index in [-0.39, 0.29) is 11.2 Å². The quantitative estimate of drug-likeness (QED) is 0.645. The van der Waals surface area contributed by atoms with Gasteiger partial charge in [-0.3, -0.25) is 4.79 Å². The lowest BCUT2D eigenvalue weighted by Gasteiger charge is -2.38. The van der Waals surface area contributed by atoms with Crippen LogP contribution in [0.5, 0.6) is 0 Å². The molecule has 1 aliphatic carbocycles. The SMILES string of the molecule is CC(=O)C=CC1=C(C)CCCC1(C)CC(C)C. The summed E-state index contributed by atoms with van der Waals surface area (Å²) < 4.78 is 0. The molecule has 0 heterocycles. The molecule has 1 aliphatic rings. The van der Waals surface area contributed by atoms with Crippen molar-refractivity contribution in [2.24, 2.45) is 11.3 Å². The molecule has 17 heavy (non-hydrogen) atoms. The Morgan fingerprint density at radius 1 is 1.47 bits per heavy atom. The van der Waals surface area contributed by atoms with Gasteiger partial charge in [0.15, 0.2) is 5.78 Å². The lowest BCUT2D eigenvalue weighted by molar-refractivity contribution is -0.112. The second kappa shape index (κ2) is 5.66. The normalized spacial score (nSPS) is 26.0. The van der Waals surface area contributed by atoms with Crippen LogP contribution in [0.4, 0.5) is 0 Å². The highest BCUT2D eigenvalue weighted by Crippen LogP contribution is 2.45. The molecule has 1 atom stereocenters. The molecule has 0 saturated carbocycles. The first-order valence-electron chi connectivity index (χ1n) is 6.74. The molecule has 0 aromatic rings. The van der Waals surface area contributed by atoms with Crippen molar-refractivity contribution in [2.45, 2.75) is 60.3 Å². The van der Waals surface area contributed by atoms with Crippen LogP contribution in [0.15, 0.2) is 23.3 Å². The molecular formula is C16H26O.